The summed E-state index contributed by atoms with van der Waals surface area (Å²) in [7, 11) is 0. The molecule has 0 aromatic carbocycles. The van der Waals surface area contributed by atoms with Crippen LogP contribution in [0.3, 0.4) is 0 Å². The molecule has 4 heteroatoms. The first-order valence-electron chi connectivity index (χ1n) is 4.96. The standard InChI is InChI=1S/C10H20ClNO2/c1-4-7-14-8-9(13)12-10(2,3)5-6-11/h4-8H2,1-3H3,(H,12,13). The Morgan fingerprint density at radius 3 is 2.64 bits per heavy atom. The van der Waals surface area contributed by atoms with Crippen molar-refractivity contribution in [1.82, 2.24) is 5.32 Å². The van der Waals surface area contributed by atoms with Crippen molar-refractivity contribution in [2.45, 2.75) is 39.2 Å². The van der Waals surface area contributed by atoms with Gasteiger partial charge in [0.05, 0.1) is 0 Å². The summed E-state index contributed by atoms with van der Waals surface area (Å²) < 4.78 is 5.12. The number of carbonyl (C=O) groups excluding carboxylic acids is 1. The maximum atomic E-state index is 11.3. The van der Waals surface area contributed by atoms with Crippen LogP contribution in [0.25, 0.3) is 0 Å². The van der Waals surface area contributed by atoms with Gasteiger partial charge < -0.3 is 10.1 Å². The van der Waals surface area contributed by atoms with Gasteiger partial charge in [0, 0.05) is 18.0 Å². The highest BCUT2D eigenvalue weighted by molar-refractivity contribution is 6.17. The topological polar surface area (TPSA) is 38.3 Å². The largest absolute Gasteiger partial charge is 0.372 e. The summed E-state index contributed by atoms with van der Waals surface area (Å²) in [5, 5.41) is 2.87. The quantitative estimate of drug-likeness (QED) is 0.527. The van der Waals surface area contributed by atoms with E-state index >= 15 is 0 Å². The minimum Gasteiger partial charge on any atom is -0.372 e. The van der Waals surface area contributed by atoms with Crippen molar-refractivity contribution >= 4 is 17.5 Å². The molecule has 0 heterocycles. The number of nitrogens with one attached hydrogen (secondary N) is 1. The van der Waals surface area contributed by atoms with Crippen LogP contribution >= 0.6 is 11.6 Å². The van der Waals surface area contributed by atoms with E-state index in [-0.39, 0.29) is 18.1 Å². The fourth-order valence-corrected chi connectivity index (χ4v) is 1.49. The lowest BCUT2D eigenvalue weighted by atomic mass is 10.0. The molecule has 0 rings (SSSR count). The third kappa shape index (κ3) is 7.15. The lowest BCUT2D eigenvalue weighted by Crippen LogP contribution is -2.45. The van der Waals surface area contributed by atoms with Crippen LogP contribution in [-0.4, -0.2) is 30.5 Å². The molecule has 0 aliphatic carbocycles. The first-order chi connectivity index (χ1) is 6.52. The first-order valence-corrected chi connectivity index (χ1v) is 5.50. The number of hydrogen-bond donors (Lipinski definition) is 1. The lowest BCUT2D eigenvalue weighted by molar-refractivity contribution is -0.127. The minimum atomic E-state index is -0.242. The van der Waals surface area contributed by atoms with E-state index in [9.17, 15) is 4.79 Å². The van der Waals surface area contributed by atoms with E-state index in [4.69, 9.17) is 16.3 Å². The molecule has 0 aromatic heterocycles. The van der Waals surface area contributed by atoms with Gasteiger partial charge in [-0.25, -0.2) is 0 Å². The van der Waals surface area contributed by atoms with Crippen molar-refractivity contribution in [2.75, 3.05) is 19.1 Å². The second-order valence-corrected chi connectivity index (χ2v) is 4.30. The van der Waals surface area contributed by atoms with Crippen LogP contribution in [0.2, 0.25) is 0 Å². The molecule has 0 spiro atoms. The second-order valence-electron chi connectivity index (χ2n) is 3.92. The molecule has 0 saturated carbocycles. The molecule has 84 valence electrons. The van der Waals surface area contributed by atoms with Gasteiger partial charge in [0.15, 0.2) is 0 Å². The summed E-state index contributed by atoms with van der Waals surface area (Å²) >= 11 is 5.61. The Morgan fingerprint density at radius 1 is 1.50 bits per heavy atom. The van der Waals surface area contributed by atoms with Crippen LogP contribution in [0.5, 0.6) is 0 Å². The van der Waals surface area contributed by atoms with Crippen LogP contribution in [0.1, 0.15) is 33.6 Å². The minimum absolute atomic E-state index is 0.0754. The summed E-state index contributed by atoms with van der Waals surface area (Å²) in [6.45, 7) is 6.68. The highest BCUT2D eigenvalue weighted by Gasteiger charge is 2.19. The van der Waals surface area contributed by atoms with Crippen molar-refractivity contribution in [3.8, 4) is 0 Å². The van der Waals surface area contributed by atoms with Gasteiger partial charge >= 0.3 is 0 Å². The molecule has 0 aliphatic heterocycles. The summed E-state index contributed by atoms with van der Waals surface area (Å²) in [6.07, 6.45) is 1.69. The third-order valence-electron chi connectivity index (χ3n) is 1.78. The summed E-state index contributed by atoms with van der Waals surface area (Å²) in [6, 6.07) is 0. The normalized spacial score (nSPS) is 11.4. The van der Waals surface area contributed by atoms with E-state index in [0.717, 1.165) is 12.8 Å². The maximum Gasteiger partial charge on any atom is 0.246 e. The molecular formula is C10H20ClNO2. The molecule has 0 aliphatic rings. The smallest absolute Gasteiger partial charge is 0.246 e. The van der Waals surface area contributed by atoms with Gasteiger partial charge in [0.1, 0.15) is 6.61 Å². The molecule has 0 radical (unpaired) electrons. The third-order valence-corrected chi connectivity index (χ3v) is 1.97. The Labute approximate surface area is 91.2 Å². The average molecular weight is 222 g/mol. The van der Waals surface area contributed by atoms with Crippen molar-refractivity contribution in [1.29, 1.82) is 0 Å². The molecule has 1 N–H and O–H groups in total. The number of halogens is 1. The van der Waals surface area contributed by atoms with Gasteiger partial charge in [-0.2, -0.15) is 0 Å². The fraction of sp³-hybridized carbons (Fsp3) is 0.900. The van der Waals surface area contributed by atoms with Gasteiger partial charge in [0.25, 0.3) is 0 Å². The maximum absolute atomic E-state index is 11.3. The average Bonchev–Trinajstić information content (AvgIpc) is 2.03. The Hall–Kier alpha value is -0.280. The summed E-state index contributed by atoms with van der Waals surface area (Å²) in [5.41, 5.74) is -0.242. The Morgan fingerprint density at radius 2 is 2.14 bits per heavy atom. The van der Waals surface area contributed by atoms with E-state index in [1.165, 1.54) is 0 Å². The van der Waals surface area contributed by atoms with Gasteiger partial charge in [-0.05, 0) is 26.7 Å². The van der Waals surface area contributed by atoms with Crippen LogP contribution < -0.4 is 5.32 Å². The zero-order valence-electron chi connectivity index (χ0n) is 9.23. The molecular weight excluding hydrogens is 202 g/mol. The molecule has 3 nitrogen and oxygen atoms in total. The SMILES string of the molecule is CCCOCC(=O)NC(C)(C)CCCl. The van der Waals surface area contributed by atoms with Crippen molar-refractivity contribution in [3.05, 3.63) is 0 Å². The van der Waals surface area contributed by atoms with Crippen molar-refractivity contribution < 1.29 is 9.53 Å². The number of hydrogen-bond acceptors (Lipinski definition) is 2. The lowest BCUT2D eigenvalue weighted by Gasteiger charge is -2.25. The van der Waals surface area contributed by atoms with Crippen LogP contribution in [0, 0.1) is 0 Å². The zero-order valence-corrected chi connectivity index (χ0v) is 9.99. The molecule has 0 aromatic rings. The summed E-state index contributed by atoms with van der Waals surface area (Å²) in [5.74, 6) is 0.469. The highest BCUT2D eigenvalue weighted by atomic mass is 35.5. The second kappa shape index (κ2) is 7.07. The fourth-order valence-electron chi connectivity index (χ4n) is 1.02. The predicted octanol–water partition coefficient (Wildman–Crippen LogP) is 1.94. The van der Waals surface area contributed by atoms with E-state index in [2.05, 4.69) is 5.32 Å². The molecule has 0 unspecified atom stereocenters. The molecule has 1 amide bonds. The van der Waals surface area contributed by atoms with Gasteiger partial charge in [0.2, 0.25) is 5.91 Å². The molecule has 0 fully saturated rings. The number of amides is 1. The van der Waals surface area contributed by atoms with Gasteiger partial charge in [-0.15, -0.1) is 11.6 Å². The van der Waals surface area contributed by atoms with Crippen molar-refractivity contribution in [3.63, 3.8) is 0 Å². The number of rotatable bonds is 7. The zero-order chi connectivity index (χ0) is 11.0. The molecule has 0 atom stereocenters. The number of ether oxygens (including phenoxy) is 1. The number of carbonyl (C=O) groups is 1. The van der Waals surface area contributed by atoms with Gasteiger partial charge in [-0.3, -0.25) is 4.79 Å². The Kier molecular flexibility index (Phi) is 6.93. The van der Waals surface area contributed by atoms with Gasteiger partial charge in [-0.1, -0.05) is 6.92 Å². The van der Waals surface area contributed by atoms with Crippen LogP contribution in [0.15, 0.2) is 0 Å². The van der Waals surface area contributed by atoms with Crippen molar-refractivity contribution in [2.24, 2.45) is 0 Å². The number of alkyl halides is 1. The molecule has 0 bridgehead atoms. The summed E-state index contributed by atoms with van der Waals surface area (Å²) in [4.78, 5) is 11.3. The van der Waals surface area contributed by atoms with E-state index in [1.807, 2.05) is 20.8 Å². The molecule has 0 saturated heterocycles. The van der Waals surface area contributed by atoms with E-state index < -0.39 is 0 Å². The first kappa shape index (κ1) is 13.7. The van der Waals surface area contributed by atoms with Crippen LogP contribution in [-0.2, 0) is 9.53 Å². The highest BCUT2D eigenvalue weighted by Crippen LogP contribution is 2.08. The van der Waals surface area contributed by atoms with E-state index in [0.29, 0.717) is 12.5 Å². The Bertz CT molecular complexity index is 172. The van der Waals surface area contributed by atoms with E-state index in [1.54, 1.807) is 0 Å². The predicted molar refractivity (Wildman–Crippen MR) is 58.7 cm³/mol. The Balaban J connectivity index is 3.69. The monoisotopic (exact) mass is 221 g/mol. The molecule has 14 heavy (non-hydrogen) atoms. The van der Waals surface area contributed by atoms with Crippen LogP contribution in [0.4, 0.5) is 0 Å².